The molecule has 1 aromatic rings. The highest BCUT2D eigenvalue weighted by molar-refractivity contribution is 9.09. The van der Waals surface area contributed by atoms with E-state index in [0.29, 0.717) is 11.1 Å². The Morgan fingerprint density at radius 2 is 1.91 bits per heavy atom. The molecule has 2 N–H and O–H groups in total. The molecule has 2 heterocycles. The zero-order valence-electron chi connectivity index (χ0n) is 17.3. The lowest BCUT2D eigenvalue weighted by atomic mass is 9.56. The molecule has 4 aliphatic rings. The van der Waals surface area contributed by atoms with Crippen LogP contribution in [0.25, 0.3) is 0 Å². The number of rotatable bonds is 3. The highest BCUT2D eigenvalue weighted by Crippen LogP contribution is 2.65. The van der Waals surface area contributed by atoms with E-state index in [-0.39, 0.29) is 35.7 Å². The van der Waals surface area contributed by atoms with E-state index in [9.17, 15) is 24.3 Å². The van der Waals surface area contributed by atoms with Gasteiger partial charge in [0.25, 0.3) is 11.8 Å². The number of likely N-dealkylation sites (tertiary alicyclic amines) is 1. The summed E-state index contributed by atoms with van der Waals surface area (Å²) >= 11 is 17.3. The van der Waals surface area contributed by atoms with Crippen LogP contribution >= 0.6 is 39.1 Å². The molecule has 2 saturated heterocycles. The molecular formula is C22H19BrCl2N2O6. The number of phenolic OH excluding ortho intramolecular Hbond substituents is 1. The fourth-order valence-corrected chi connectivity index (χ4v) is 7.36. The highest BCUT2D eigenvalue weighted by Gasteiger charge is 2.76. The van der Waals surface area contributed by atoms with Crippen molar-refractivity contribution in [1.82, 2.24) is 10.2 Å². The van der Waals surface area contributed by atoms with E-state index >= 15 is 0 Å². The number of phenols is 1. The Hall–Kier alpha value is -2.10. The summed E-state index contributed by atoms with van der Waals surface area (Å²) in [5, 5.41) is 12.4. The van der Waals surface area contributed by atoms with Gasteiger partial charge in [-0.3, -0.25) is 29.4 Å². The van der Waals surface area contributed by atoms with E-state index in [1.54, 1.807) is 6.07 Å². The van der Waals surface area contributed by atoms with Gasteiger partial charge in [0.1, 0.15) is 11.5 Å². The van der Waals surface area contributed by atoms with Crippen LogP contribution in [0, 0.1) is 17.8 Å². The van der Waals surface area contributed by atoms with E-state index in [2.05, 4.69) is 21.2 Å². The molecule has 0 aromatic heterocycles. The molecule has 0 radical (unpaired) electrons. The SMILES string of the molecule is COc1cc(O)ccc1C1C2=CCC3C(=O)NC(=O)C3C2CC2(Cl)C(=O)N(CBr)C(=O)C12Cl. The number of halogens is 3. The van der Waals surface area contributed by atoms with Gasteiger partial charge in [0, 0.05) is 17.5 Å². The van der Waals surface area contributed by atoms with Crippen molar-refractivity contribution in [2.75, 3.05) is 12.6 Å². The molecule has 3 fully saturated rings. The van der Waals surface area contributed by atoms with Crippen LogP contribution in [0.5, 0.6) is 11.5 Å². The fourth-order valence-electron chi connectivity index (χ4n) is 5.95. The van der Waals surface area contributed by atoms with Crippen LogP contribution in [-0.2, 0) is 19.2 Å². The summed E-state index contributed by atoms with van der Waals surface area (Å²) in [6.45, 7) is 0. The Balaban J connectivity index is 1.78. The van der Waals surface area contributed by atoms with E-state index in [4.69, 9.17) is 27.9 Å². The minimum atomic E-state index is -1.90. The summed E-state index contributed by atoms with van der Waals surface area (Å²) in [4.78, 5) is 49.3. The Morgan fingerprint density at radius 3 is 2.58 bits per heavy atom. The van der Waals surface area contributed by atoms with Gasteiger partial charge in [-0.1, -0.05) is 33.6 Å². The fraction of sp³-hybridized carbons (Fsp3) is 0.455. The van der Waals surface area contributed by atoms with Crippen molar-refractivity contribution < 1.29 is 29.0 Å². The number of hydrogen-bond acceptors (Lipinski definition) is 6. The molecule has 11 heteroatoms. The lowest BCUT2D eigenvalue weighted by Crippen LogP contribution is -2.60. The number of imide groups is 2. The van der Waals surface area contributed by atoms with Crippen LogP contribution in [0.2, 0.25) is 0 Å². The van der Waals surface area contributed by atoms with Crippen LogP contribution in [0.3, 0.4) is 0 Å². The monoisotopic (exact) mass is 556 g/mol. The largest absolute Gasteiger partial charge is 0.508 e. The first-order valence-corrected chi connectivity index (χ1v) is 12.2. The van der Waals surface area contributed by atoms with Gasteiger partial charge in [0.15, 0.2) is 9.75 Å². The van der Waals surface area contributed by atoms with Gasteiger partial charge in [-0.25, -0.2) is 0 Å². The predicted octanol–water partition coefficient (Wildman–Crippen LogP) is 2.40. The van der Waals surface area contributed by atoms with Crippen molar-refractivity contribution in [3.8, 4) is 11.5 Å². The number of amides is 4. The van der Waals surface area contributed by atoms with Gasteiger partial charge < -0.3 is 9.84 Å². The smallest absolute Gasteiger partial charge is 0.254 e. The summed E-state index contributed by atoms with van der Waals surface area (Å²) in [6, 6.07) is 4.39. The number of fused-ring (bicyclic) bond motifs is 4. The normalized spacial score (nSPS) is 37.3. The zero-order chi connectivity index (χ0) is 23.9. The van der Waals surface area contributed by atoms with Gasteiger partial charge in [-0.05, 0) is 24.8 Å². The Kier molecular flexibility index (Phi) is 5.12. The molecule has 0 bridgehead atoms. The Bertz CT molecular complexity index is 1160. The van der Waals surface area contributed by atoms with Crippen LogP contribution in [-0.4, -0.2) is 55.9 Å². The van der Waals surface area contributed by atoms with Crippen molar-refractivity contribution in [3.05, 3.63) is 35.4 Å². The summed E-state index contributed by atoms with van der Waals surface area (Å²) in [6.07, 6.45) is 2.05. The summed E-state index contributed by atoms with van der Waals surface area (Å²) in [7, 11) is 1.41. The number of aromatic hydroxyl groups is 1. The zero-order valence-corrected chi connectivity index (χ0v) is 20.4. The molecule has 33 heavy (non-hydrogen) atoms. The molecule has 2 aliphatic heterocycles. The molecule has 1 aromatic carbocycles. The Labute approximate surface area is 207 Å². The third kappa shape index (κ3) is 2.76. The standard InChI is InChI=1S/C22H19BrCl2N2O6/c1-33-14-6-9(28)2-3-11(14)16-10-4-5-12-15(18(30)26-17(12)29)13(10)7-21(24)19(31)27(8-23)20(32)22(16,21)25/h2-4,6,12-13,15-16,28H,5,7-8H2,1H3,(H,26,29,30). The third-order valence-corrected chi connectivity index (χ3v) is 9.30. The maximum atomic E-state index is 13.6. The lowest BCUT2D eigenvalue weighted by Gasteiger charge is -2.50. The van der Waals surface area contributed by atoms with Crippen molar-refractivity contribution in [2.24, 2.45) is 17.8 Å². The molecule has 5 rings (SSSR count). The third-order valence-electron chi connectivity index (χ3n) is 7.39. The van der Waals surface area contributed by atoms with Crippen molar-refractivity contribution in [3.63, 3.8) is 0 Å². The molecule has 174 valence electrons. The van der Waals surface area contributed by atoms with E-state index < -0.39 is 51.1 Å². The number of nitrogens with zero attached hydrogens (tertiary/aromatic N) is 1. The second kappa shape index (κ2) is 7.45. The van der Waals surface area contributed by atoms with Gasteiger partial charge in [0.2, 0.25) is 11.8 Å². The summed E-state index contributed by atoms with van der Waals surface area (Å²) in [5.41, 5.74) is 1.02. The molecule has 0 spiro atoms. The number of allylic oxidation sites excluding steroid dienone is 2. The average molecular weight is 558 g/mol. The lowest BCUT2D eigenvalue weighted by molar-refractivity contribution is -0.138. The second-order valence-corrected chi connectivity index (χ2v) is 10.5. The van der Waals surface area contributed by atoms with Crippen LogP contribution < -0.4 is 10.1 Å². The Morgan fingerprint density at radius 1 is 1.18 bits per heavy atom. The van der Waals surface area contributed by atoms with Gasteiger partial charge in [0.05, 0.1) is 24.4 Å². The quantitative estimate of drug-likeness (QED) is 0.255. The summed E-state index contributed by atoms with van der Waals surface area (Å²) in [5.74, 6) is -4.72. The van der Waals surface area contributed by atoms with Gasteiger partial charge >= 0.3 is 0 Å². The van der Waals surface area contributed by atoms with Crippen LogP contribution in [0.1, 0.15) is 24.3 Å². The minimum absolute atomic E-state index is 0.0573. The number of carbonyl (C=O) groups is 4. The number of ether oxygens (including phenoxy) is 1. The van der Waals surface area contributed by atoms with E-state index in [0.717, 1.165) is 4.90 Å². The summed E-state index contributed by atoms with van der Waals surface area (Å²) < 4.78 is 5.48. The molecule has 6 unspecified atom stereocenters. The molecule has 8 nitrogen and oxygen atoms in total. The molecule has 2 aliphatic carbocycles. The minimum Gasteiger partial charge on any atom is -0.508 e. The number of alkyl halides is 3. The number of hydrogen-bond donors (Lipinski definition) is 2. The number of nitrogens with one attached hydrogen (secondary N) is 1. The maximum Gasteiger partial charge on any atom is 0.254 e. The van der Waals surface area contributed by atoms with Crippen molar-refractivity contribution in [1.29, 1.82) is 0 Å². The molecule has 6 atom stereocenters. The molecule has 1 saturated carbocycles. The topological polar surface area (TPSA) is 113 Å². The average Bonchev–Trinajstić information content (AvgIpc) is 3.15. The molecule has 4 amide bonds. The first kappa shape index (κ1) is 22.7. The van der Waals surface area contributed by atoms with E-state index in [1.165, 1.54) is 19.2 Å². The van der Waals surface area contributed by atoms with Gasteiger partial charge in [-0.15, -0.1) is 23.2 Å². The predicted molar refractivity (Wildman–Crippen MR) is 121 cm³/mol. The first-order chi connectivity index (χ1) is 15.6. The molecular weight excluding hydrogens is 539 g/mol. The van der Waals surface area contributed by atoms with Crippen LogP contribution in [0.4, 0.5) is 0 Å². The highest BCUT2D eigenvalue weighted by atomic mass is 79.9. The van der Waals surface area contributed by atoms with Crippen molar-refractivity contribution in [2.45, 2.75) is 28.5 Å². The first-order valence-electron chi connectivity index (χ1n) is 10.3. The number of methoxy groups -OCH3 is 1. The van der Waals surface area contributed by atoms with E-state index in [1.807, 2.05) is 6.08 Å². The van der Waals surface area contributed by atoms with Crippen molar-refractivity contribution >= 4 is 62.8 Å². The van der Waals surface area contributed by atoms with Gasteiger partial charge in [-0.2, -0.15) is 0 Å². The van der Waals surface area contributed by atoms with Crippen LogP contribution in [0.15, 0.2) is 29.8 Å². The number of benzene rings is 1. The number of carbonyl (C=O) groups excluding carboxylic acids is 4. The maximum absolute atomic E-state index is 13.6. The second-order valence-electron chi connectivity index (χ2n) is 8.77.